The van der Waals surface area contributed by atoms with Gasteiger partial charge in [0.25, 0.3) is 0 Å². The van der Waals surface area contributed by atoms with Gasteiger partial charge in [0.15, 0.2) is 5.96 Å². The first-order valence-electron chi connectivity index (χ1n) is 8.63. The number of aryl methyl sites for hydroxylation is 1. The monoisotopic (exact) mass is 490 g/mol. The van der Waals surface area contributed by atoms with Gasteiger partial charge in [-0.25, -0.2) is 4.98 Å². The van der Waals surface area contributed by atoms with Crippen molar-refractivity contribution in [1.29, 1.82) is 0 Å². The summed E-state index contributed by atoms with van der Waals surface area (Å²) in [6, 6.07) is 8.92. The summed E-state index contributed by atoms with van der Waals surface area (Å²) in [4.78, 5) is 9.05. The van der Waals surface area contributed by atoms with Crippen molar-refractivity contribution in [2.24, 2.45) is 4.99 Å². The van der Waals surface area contributed by atoms with E-state index >= 15 is 0 Å². The number of benzene rings is 1. The molecule has 0 amide bonds. The second-order valence-corrected chi connectivity index (χ2v) is 8.44. The van der Waals surface area contributed by atoms with Crippen LogP contribution in [0.5, 0.6) is 0 Å². The van der Waals surface area contributed by atoms with Crippen molar-refractivity contribution in [3.05, 3.63) is 29.3 Å². The van der Waals surface area contributed by atoms with E-state index in [2.05, 4.69) is 40.1 Å². The highest BCUT2D eigenvalue weighted by Crippen LogP contribution is 2.28. The van der Waals surface area contributed by atoms with Crippen molar-refractivity contribution < 1.29 is 0 Å². The van der Waals surface area contributed by atoms with Crippen LogP contribution in [0.1, 0.15) is 30.7 Å². The molecule has 2 aromatic rings. The summed E-state index contributed by atoms with van der Waals surface area (Å²) in [5, 5.41) is 9.03. The van der Waals surface area contributed by atoms with Crippen LogP contribution in [0.4, 0.5) is 0 Å². The van der Waals surface area contributed by atoms with Crippen molar-refractivity contribution in [1.82, 2.24) is 15.6 Å². The molecule has 7 heteroatoms. The van der Waals surface area contributed by atoms with Crippen molar-refractivity contribution in [2.75, 3.05) is 19.8 Å². The smallest absolute Gasteiger partial charge is 0.191 e. The standard InChI is InChI=1S/C18H26N4S2.HI/c1-19-18(21-13-9-10-14(12-13)23-2)20-11-5-8-17-22-15-6-3-4-7-16(15)24-17;/h3-4,6-7,13-14H,5,8-12H2,1-2H3,(H2,19,20,21);1H. The number of guanidine groups is 1. The van der Waals surface area contributed by atoms with Crippen molar-refractivity contribution >= 4 is 63.3 Å². The van der Waals surface area contributed by atoms with Gasteiger partial charge in [-0.3, -0.25) is 4.99 Å². The van der Waals surface area contributed by atoms with Crippen LogP contribution in [0.2, 0.25) is 0 Å². The fourth-order valence-electron chi connectivity index (χ4n) is 3.15. The third-order valence-electron chi connectivity index (χ3n) is 4.48. The molecule has 0 radical (unpaired) electrons. The van der Waals surface area contributed by atoms with Crippen LogP contribution in [-0.2, 0) is 6.42 Å². The SMILES string of the molecule is CN=C(NCCCc1nc2ccccc2s1)NC1CCC(SC)C1.I. The number of nitrogens with zero attached hydrogens (tertiary/aromatic N) is 2. The molecule has 2 atom stereocenters. The number of aliphatic imine (C=N–C) groups is 1. The van der Waals surface area contributed by atoms with Crippen LogP contribution < -0.4 is 10.6 Å². The Morgan fingerprint density at radius 3 is 2.92 bits per heavy atom. The van der Waals surface area contributed by atoms with Crippen LogP contribution >= 0.6 is 47.1 Å². The third-order valence-corrected chi connectivity index (χ3v) is 6.67. The number of hydrogen-bond donors (Lipinski definition) is 2. The molecule has 1 fully saturated rings. The van der Waals surface area contributed by atoms with Gasteiger partial charge in [0.1, 0.15) is 0 Å². The number of thioether (sulfide) groups is 1. The Hall–Kier alpha value is -0.540. The van der Waals surface area contributed by atoms with Crippen molar-refractivity contribution in [3.8, 4) is 0 Å². The first-order valence-corrected chi connectivity index (χ1v) is 10.7. The van der Waals surface area contributed by atoms with Gasteiger partial charge in [0.05, 0.1) is 15.2 Å². The molecule has 0 spiro atoms. The Labute approximate surface area is 175 Å². The first kappa shape index (κ1) is 20.8. The summed E-state index contributed by atoms with van der Waals surface area (Å²) < 4.78 is 1.28. The summed E-state index contributed by atoms with van der Waals surface area (Å²) in [7, 11) is 1.85. The molecule has 1 aliphatic rings. The zero-order chi connectivity index (χ0) is 16.8. The van der Waals surface area contributed by atoms with Gasteiger partial charge in [-0.05, 0) is 44.1 Å². The molecular weight excluding hydrogens is 463 g/mol. The number of thiazole rings is 1. The predicted molar refractivity (Wildman–Crippen MR) is 123 cm³/mol. The maximum Gasteiger partial charge on any atom is 0.191 e. The molecule has 1 aromatic carbocycles. The molecule has 1 aromatic heterocycles. The Bertz CT molecular complexity index is 656. The van der Waals surface area contributed by atoms with Crippen LogP contribution in [0.25, 0.3) is 10.2 Å². The molecule has 1 aliphatic carbocycles. The van der Waals surface area contributed by atoms with Gasteiger partial charge >= 0.3 is 0 Å². The summed E-state index contributed by atoms with van der Waals surface area (Å²) in [6.07, 6.45) is 8.10. The molecule has 4 nitrogen and oxygen atoms in total. The Kier molecular flexibility index (Phi) is 8.78. The Morgan fingerprint density at radius 2 is 2.20 bits per heavy atom. The van der Waals surface area contributed by atoms with E-state index in [4.69, 9.17) is 4.98 Å². The highest BCUT2D eigenvalue weighted by Gasteiger charge is 2.24. The molecule has 1 heterocycles. The highest BCUT2D eigenvalue weighted by molar-refractivity contribution is 14.0. The van der Waals surface area contributed by atoms with Crippen LogP contribution in [0.3, 0.4) is 0 Å². The zero-order valence-electron chi connectivity index (χ0n) is 14.8. The molecule has 3 rings (SSSR count). The quantitative estimate of drug-likeness (QED) is 0.275. The maximum absolute atomic E-state index is 4.69. The number of fused-ring (bicyclic) bond motifs is 1. The van der Waals surface area contributed by atoms with E-state index in [0.29, 0.717) is 6.04 Å². The number of aromatic nitrogens is 1. The normalized spacial score (nSPS) is 20.5. The average Bonchev–Trinajstić information content (AvgIpc) is 3.23. The number of nitrogens with one attached hydrogen (secondary N) is 2. The molecule has 0 saturated heterocycles. The predicted octanol–water partition coefficient (Wildman–Crippen LogP) is 4.30. The minimum atomic E-state index is 0. The lowest BCUT2D eigenvalue weighted by atomic mass is 10.2. The summed E-state index contributed by atoms with van der Waals surface area (Å²) in [5.41, 5.74) is 1.12. The van der Waals surface area contributed by atoms with Crippen LogP contribution in [0.15, 0.2) is 29.3 Å². The maximum atomic E-state index is 4.69. The minimum Gasteiger partial charge on any atom is -0.356 e. The van der Waals surface area contributed by atoms with Gasteiger partial charge in [-0.15, -0.1) is 35.3 Å². The second-order valence-electron chi connectivity index (χ2n) is 6.19. The van der Waals surface area contributed by atoms with Crippen LogP contribution in [-0.4, -0.2) is 42.1 Å². The molecule has 0 bridgehead atoms. The third kappa shape index (κ3) is 5.99. The van der Waals surface area contributed by atoms with E-state index in [1.807, 2.05) is 24.9 Å². The zero-order valence-corrected chi connectivity index (χ0v) is 18.8. The van der Waals surface area contributed by atoms with E-state index in [1.165, 1.54) is 29.0 Å². The van der Waals surface area contributed by atoms with Gasteiger partial charge < -0.3 is 10.6 Å². The summed E-state index contributed by atoms with van der Waals surface area (Å²) in [5.74, 6) is 0.936. The summed E-state index contributed by atoms with van der Waals surface area (Å²) >= 11 is 3.79. The van der Waals surface area contributed by atoms with E-state index in [0.717, 1.165) is 36.1 Å². The number of hydrogen-bond acceptors (Lipinski definition) is 4. The van der Waals surface area contributed by atoms with Crippen molar-refractivity contribution in [2.45, 2.75) is 43.4 Å². The van der Waals surface area contributed by atoms with E-state index < -0.39 is 0 Å². The van der Waals surface area contributed by atoms with Gasteiger partial charge in [0.2, 0.25) is 0 Å². The molecule has 138 valence electrons. The van der Waals surface area contributed by atoms with Crippen LogP contribution in [0, 0.1) is 0 Å². The summed E-state index contributed by atoms with van der Waals surface area (Å²) in [6.45, 7) is 0.925. The number of halogens is 1. The number of para-hydroxylation sites is 1. The molecule has 25 heavy (non-hydrogen) atoms. The highest BCUT2D eigenvalue weighted by atomic mass is 127. The van der Waals surface area contributed by atoms with Gasteiger partial charge in [-0.2, -0.15) is 11.8 Å². The first-order chi connectivity index (χ1) is 11.8. The molecule has 2 N–H and O–H groups in total. The fourth-order valence-corrected chi connectivity index (χ4v) is 4.95. The van der Waals surface area contributed by atoms with E-state index in [-0.39, 0.29) is 24.0 Å². The second kappa shape index (κ2) is 10.6. The minimum absolute atomic E-state index is 0. The topological polar surface area (TPSA) is 49.3 Å². The fraction of sp³-hybridized carbons (Fsp3) is 0.556. The lowest BCUT2D eigenvalue weighted by Crippen LogP contribution is -2.42. The Morgan fingerprint density at radius 1 is 1.36 bits per heavy atom. The largest absolute Gasteiger partial charge is 0.356 e. The van der Waals surface area contributed by atoms with Crippen molar-refractivity contribution in [3.63, 3.8) is 0 Å². The Balaban J connectivity index is 0.00000225. The lowest BCUT2D eigenvalue weighted by Gasteiger charge is -2.17. The van der Waals surface area contributed by atoms with E-state index in [1.54, 1.807) is 11.3 Å². The van der Waals surface area contributed by atoms with E-state index in [9.17, 15) is 0 Å². The molecule has 0 aliphatic heterocycles. The molecule has 1 saturated carbocycles. The molecule has 2 unspecified atom stereocenters. The lowest BCUT2D eigenvalue weighted by molar-refractivity contribution is 0.611. The van der Waals surface area contributed by atoms with Gasteiger partial charge in [-0.1, -0.05) is 12.1 Å². The molecular formula is C18H27IN4S2. The average molecular weight is 490 g/mol. The number of rotatable bonds is 6. The van der Waals surface area contributed by atoms with Gasteiger partial charge in [0, 0.05) is 31.3 Å².